The highest BCUT2D eigenvalue weighted by Gasteiger charge is 2.17. The molecular formula is C27H28ClN5O2. The van der Waals surface area contributed by atoms with Crippen LogP contribution in [0.25, 0.3) is 33.5 Å². The van der Waals surface area contributed by atoms with Crippen LogP contribution in [0.3, 0.4) is 0 Å². The summed E-state index contributed by atoms with van der Waals surface area (Å²) in [5, 5.41) is 3.77. The molecule has 0 saturated heterocycles. The summed E-state index contributed by atoms with van der Waals surface area (Å²) < 4.78 is 1.40. The minimum atomic E-state index is -0.322. The van der Waals surface area contributed by atoms with E-state index in [1.807, 2.05) is 40.1 Å². The molecule has 2 heterocycles. The number of benzene rings is 2. The van der Waals surface area contributed by atoms with Crippen LogP contribution in [0.15, 0.2) is 65.6 Å². The zero-order chi connectivity index (χ0) is 25.1. The third-order valence-corrected chi connectivity index (χ3v) is 5.67. The monoisotopic (exact) mass is 489 g/mol. The minimum absolute atomic E-state index is 0.0479. The summed E-state index contributed by atoms with van der Waals surface area (Å²) >= 11 is 6.05. The van der Waals surface area contributed by atoms with E-state index in [2.05, 4.69) is 32.3 Å². The average Bonchev–Trinajstić information content (AvgIpc) is 2.80. The van der Waals surface area contributed by atoms with Crippen molar-refractivity contribution < 1.29 is 4.79 Å². The minimum Gasteiger partial charge on any atom is -0.352 e. The number of carbonyl (C=O) groups excluding carboxylic acids is 1. The first kappa shape index (κ1) is 24.6. The van der Waals surface area contributed by atoms with Crippen LogP contribution in [-0.2, 0) is 17.9 Å². The third kappa shape index (κ3) is 5.75. The Labute approximate surface area is 209 Å². The van der Waals surface area contributed by atoms with Crippen molar-refractivity contribution in [2.24, 2.45) is 0 Å². The molecule has 0 radical (unpaired) electrons. The fourth-order valence-electron chi connectivity index (χ4n) is 3.96. The number of fused-ring (bicyclic) bond motifs is 1. The maximum Gasteiger partial charge on any atom is 0.263 e. The lowest BCUT2D eigenvalue weighted by atomic mass is 10.0. The Morgan fingerprint density at radius 3 is 2.49 bits per heavy atom. The number of pyridine rings is 1. The Hall–Kier alpha value is -3.55. The Morgan fingerprint density at radius 1 is 1.06 bits per heavy atom. The van der Waals surface area contributed by atoms with Crippen molar-refractivity contribution in [1.82, 2.24) is 24.8 Å². The molecule has 7 nitrogen and oxygen atoms in total. The molecule has 1 amide bonds. The number of nitrogens with one attached hydrogen (secondary N) is 1. The highest BCUT2D eigenvalue weighted by atomic mass is 35.5. The number of hydrogen-bond acceptors (Lipinski definition) is 5. The van der Waals surface area contributed by atoms with Crippen LogP contribution < -0.4 is 10.9 Å². The number of halogens is 1. The molecule has 35 heavy (non-hydrogen) atoms. The van der Waals surface area contributed by atoms with Gasteiger partial charge in [0, 0.05) is 34.9 Å². The van der Waals surface area contributed by atoms with Gasteiger partial charge >= 0.3 is 0 Å². The smallest absolute Gasteiger partial charge is 0.263 e. The van der Waals surface area contributed by atoms with Crippen LogP contribution in [0.1, 0.15) is 19.4 Å². The lowest BCUT2D eigenvalue weighted by Gasteiger charge is -2.15. The van der Waals surface area contributed by atoms with Crippen molar-refractivity contribution in [3.05, 3.63) is 81.7 Å². The number of aromatic nitrogens is 3. The van der Waals surface area contributed by atoms with Gasteiger partial charge in [0.1, 0.15) is 12.4 Å². The maximum absolute atomic E-state index is 13.7. The van der Waals surface area contributed by atoms with E-state index < -0.39 is 0 Å². The van der Waals surface area contributed by atoms with Gasteiger partial charge in [0.2, 0.25) is 5.91 Å². The second-order valence-corrected chi connectivity index (χ2v) is 9.53. The van der Waals surface area contributed by atoms with Crippen molar-refractivity contribution in [1.29, 1.82) is 0 Å². The van der Waals surface area contributed by atoms with Gasteiger partial charge < -0.3 is 10.2 Å². The predicted molar refractivity (Wildman–Crippen MR) is 140 cm³/mol. The average molecular weight is 490 g/mol. The number of hydrogen-bond donors (Lipinski definition) is 1. The van der Waals surface area contributed by atoms with Crippen molar-refractivity contribution in [2.75, 3.05) is 14.1 Å². The summed E-state index contributed by atoms with van der Waals surface area (Å²) in [7, 11) is 4.04. The van der Waals surface area contributed by atoms with E-state index in [0.717, 1.165) is 23.2 Å². The standard InChI is InChI=1S/C27H28ClN5O2/c1-17(2)30-24(34)16-33-26(19-8-10-22(28)11-9-19)31-25-23(27(33)35)13-21(14-29-25)20-7-5-6-18(12-20)15-32(3)4/h5-14,17H,15-16H2,1-4H3,(H,30,34). The van der Waals surface area contributed by atoms with E-state index >= 15 is 0 Å². The molecule has 1 N–H and O–H groups in total. The first-order chi connectivity index (χ1) is 16.7. The molecule has 2 aromatic heterocycles. The van der Waals surface area contributed by atoms with Crippen LogP contribution >= 0.6 is 11.6 Å². The van der Waals surface area contributed by atoms with Gasteiger partial charge in [-0.15, -0.1) is 0 Å². The lowest BCUT2D eigenvalue weighted by molar-refractivity contribution is -0.122. The number of nitrogens with zero attached hydrogens (tertiary/aromatic N) is 4. The number of rotatable bonds is 7. The van der Waals surface area contributed by atoms with Gasteiger partial charge in [-0.2, -0.15) is 0 Å². The highest BCUT2D eigenvalue weighted by molar-refractivity contribution is 6.30. The van der Waals surface area contributed by atoms with Gasteiger partial charge in [0.25, 0.3) is 5.56 Å². The van der Waals surface area contributed by atoms with E-state index in [1.54, 1.807) is 36.5 Å². The molecule has 4 rings (SSSR count). The lowest BCUT2D eigenvalue weighted by Crippen LogP contribution is -2.37. The van der Waals surface area contributed by atoms with Gasteiger partial charge in [0.15, 0.2) is 5.65 Å². The first-order valence-corrected chi connectivity index (χ1v) is 11.8. The molecule has 0 fully saturated rings. The zero-order valence-electron chi connectivity index (χ0n) is 20.2. The Morgan fingerprint density at radius 2 is 1.80 bits per heavy atom. The molecule has 0 saturated carbocycles. The fourth-order valence-corrected chi connectivity index (χ4v) is 4.08. The highest BCUT2D eigenvalue weighted by Crippen LogP contribution is 2.25. The fraction of sp³-hybridized carbons (Fsp3) is 0.259. The largest absolute Gasteiger partial charge is 0.352 e. The van der Waals surface area contributed by atoms with Crippen molar-refractivity contribution in [2.45, 2.75) is 33.0 Å². The summed E-state index contributed by atoms with van der Waals surface area (Å²) in [6.45, 7) is 4.40. The molecule has 8 heteroatoms. The van der Waals surface area contributed by atoms with E-state index in [4.69, 9.17) is 11.6 Å². The SMILES string of the molecule is CC(C)NC(=O)Cn1c(-c2ccc(Cl)cc2)nc2ncc(-c3cccc(CN(C)C)c3)cc2c1=O. The van der Waals surface area contributed by atoms with Gasteiger partial charge in [-0.1, -0.05) is 29.8 Å². The molecule has 2 aromatic carbocycles. The van der Waals surface area contributed by atoms with Crippen molar-refractivity contribution >= 4 is 28.5 Å². The maximum atomic E-state index is 13.7. The van der Waals surface area contributed by atoms with E-state index in [-0.39, 0.29) is 24.1 Å². The number of amides is 1. The quantitative estimate of drug-likeness (QED) is 0.417. The van der Waals surface area contributed by atoms with Crippen LogP contribution in [0.5, 0.6) is 0 Å². The van der Waals surface area contributed by atoms with E-state index in [0.29, 0.717) is 27.4 Å². The normalized spacial score (nSPS) is 11.4. The predicted octanol–water partition coefficient (Wildman–Crippen LogP) is 4.37. The molecule has 0 bridgehead atoms. The van der Waals surface area contributed by atoms with Crippen LogP contribution in [0, 0.1) is 0 Å². The summed E-state index contributed by atoms with van der Waals surface area (Å²) in [4.78, 5) is 37.6. The molecular weight excluding hydrogens is 462 g/mol. The van der Waals surface area contributed by atoms with Crippen LogP contribution in [0.2, 0.25) is 5.02 Å². The van der Waals surface area contributed by atoms with E-state index in [9.17, 15) is 9.59 Å². The molecule has 0 aliphatic heterocycles. The summed E-state index contributed by atoms with van der Waals surface area (Å²) in [5.41, 5.74) is 3.62. The Balaban J connectivity index is 1.85. The molecule has 0 atom stereocenters. The Bertz CT molecular complexity index is 1430. The van der Waals surface area contributed by atoms with Crippen molar-refractivity contribution in [3.63, 3.8) is 0 Å². The third-order valence-electron chi connectivity index (χ3n) is 5.42. The zero-order valence-corrected chi connectivity index (χ0v) is 21.0. The van der Waals surface area contributed by atoms with E-state index in [1.165, 1.54) is 4.57 Å². The second kappa shape index (κ2) is 10.4. The summed E-state index contributed by atoms with van der Waals surface area (Å²) in [6.07, 6.45) is 1.73. The van der Waals surface area contributed by atoms with Gasteiger partial charge in [-0.25, -0.2) is 9.97 Å². The van der Waals surface area contributed by atoms with Gasteiger partial charge in [0.05, 0.1) is 5.39 Å². The molecule has 0 aliphatic rings. The molecule has 4 aromatic rings. The molecule has 0 unspecified atom stereocenters. The molecule has 180 valence electrons. The van der Waals surface area contributed by atoms with Crippen molar-refractivity contribution in [3.8, 4) is 22.5 Å². The van der Waals surface area contributed by atoms with Crippen LogP contribution in [0.4, 0.5) is 0 Å². The van der Waals surface area contributed by atoms with Crippen LogP contribution in [-0.4, -0.2) is 45.5 Å². The Kier molecular flexibility index (Phi) is 7.28. The summed E-state index contributed by atoms with van der Waals surface area (Å²) in [6, 6.07) is 16.9. The first-order valence-electron chi connectivity index (χ1n) is 11.4. The number of carbonyl (C=O) groups is 1. The molecule has 0 spiro atoms. The summed E-state index contributed by atoms with van der Waals surface area (Å²) in [5.74, 6) is 0.102. The second-order valence-electron chi connectivity index (χ2n) is 9.09. The topological polar surface area (TPSA) is 80.1 Å². The van der Waals surface area contributed by atoms with Gasteiger partial charge in [-0.3, -0.25) is 14.2 Å². The molecule has 0 aliphatic carbocycles. The van der Waals surface area contributed by atoms with Gasteiger partial charge in [-0.05, 0) is 75.5 Å².